The normalized spacial score (nSPS) is 26.6. The van der Waals surface area contributed by atoms with Crippen LogP contribution in [0, 0.1) is 5.82 Å². The molecule has 5 atom stereocenters. The van der Waals surface area contributed by atoms with E-state index >= 15 is 4.39 Å². The maximum Gasteiger partial charge on any atom is 0.223 e. The molecule has 5 rings (SSSR count). The van der Waals surface area contributed by atoms with Crippen molar-refractivity contribution in [2.45, 2.75) is 70.0 Å². The van der Waals surface area contributed by atoms with Crippen LogP contribution in [0.1, 0.15) is 39.6 Å². The van der Waals surface area contributed by atoms with E-state index in [2.05, 4.69) is 20.3 Å². The Morgan fingerprint density at radius 2 is 2.03 bits per heavy atom. The molecule has 188 valence electrons. The molecule has 0 amide bonds. The number of nitrogens with one attached hydrogen (secondary N) is 1. The summed E-state index contributed by atoms with van der Waals surface area (Å²) in [5, 5.41) is 24.0. The predicted molar refractivity (Wildman–Crippen MR) is 124 cm³/mol. The van der Waals surface area contributed by atoms with E-state index in [0.717, 1.165) is 0 Å². The van der Waals surface area contributed by atoms with E-state index in [9.17, 15) is 14.6 Å². The molecule has 35 heavy (non-hydrogen) atoms. The first-order valence-electron chi connectivity index (χ1n) is 11.3. The van der Waals surface area contributed by atoms with E-state index < -0.39 is 42.1 Å². The fourth-order valence-corrected chi connectivity index (χ4v) is 4.77. The van der Waals surface area contributed by atoms with Crippen LogP contribution < -0.4 is 5.32 Å². The SMILES string of the molecule is CC(C)n1c(C(C)(C)O)nc2c(F)cc(-c3nc(N[C@H]4[C@H](O)[C@@H]5OC[C@@H](O5)[C@H]4F)ncc3Cl)cc21. The topological polar surface area (TPSA) is 115 Å². The maximum atomic E-state index is 15.2. The second-order valence-electron chi connectivity index (χ2n) is 9.66. The molecule has 0 spiro atoms. The minimum absolute atomic E-state index is 0.00690. The Hall–Kier alpha value is -2.44. The lowest BCUT2D eigenvalue weighted by Crippen LogP contribution is -2.55. The van der Waals surface area contributed by atoms with Gasteiger partial charge in [0, 0.05) is 11.6 Å². The van der Waals surface area contributed by atoms with Gasteiger partial charge >= 0.3 is 0 Å². The third kappa shape index (κ3) is 4.15. The lowest BCUT2D eigenvalue weighted by molar-refractivity contribution is -0.175. The minimum atomic E-state index is -1.55. The second kappa shape index (κ2) is 8.59. The van der Waals surface area contributed by atoms with Gasteiger partial charge in [-0.2, -0.15) is 0 Å². The van der Waals surface area contributed by atoms with Crippen LogP contribution in [-0.4, -0.2) is 67.1 Å². The van der Waals surface area contributed by atoms with Crippen LogP contribution in [0.5, 0.6) is 0 Å². The van der Waals surface area contributed by atoms with Crippen LogP contribution in [0.2, 0.25) is 5.02 Å². The number of nitrogens with zero attached hydrogens (tertiary/aromatic N) is 4. The van der Waals surface area contributed by atoms with Gasteiger partial charge in [-0.1, -0.05) is 11.6 Å². The number of halogens is 3. The van der Waals surface area contributed by atoms with Crippen molar-refractivity contribution in [3.8, 4) is 11.3 Å². The quantitative estimate of drug-likeness (QED) is 0.480. The average Bonchev–Trinajstić information content (AvgIpc) is 3.40. The summed E-state index contributed by atoms with van der Waals surface area (Å²) in [6.45, 7) is 7.04. The molecular weight excluding hydrogens is 484 g/mol. The molecule has 2 bridgehead atoms. The highest BCUT2D eigenvalue weighted by atomic mass is 35.5. The van der Waals surface area contributed by atoms with Gasteiger partial charge in [-0.15, -0.1) is 0 Å². The molecular formula is C23H26ClF2N5O4. The number of aliphatic hydroxyl groups excluding tert-OH is 1. The van der Waals surface area contributed by atoms with Gasteiger partial charge in [0.1, 0.15) is 29.2 Å². The highest BCUT2D eigenvalue weighted by Crippen LogP contribution is 2.36. The zero-order chi connectivity index (χ0) is 25.2. The standard InChI is InChI=1S/C23H26ClF2N5O4/c1-9(2)31-13-6-10(5-12(25)17(13)28-21(31)23(3,4)33)16-11(24)7-27-22(29-16)30-18-15(26)14-8-34-20(35-14)19(18)32/h5-7,9,14-15,18-20,32-33H,8H2,1-4H3,(H,27,29,30)/t14-,15-,18-,19+,20-/m1/s1. The number of benzene rings is 1. The molecule has 12 heteroatoms. The van der Waals surface area contributed by atoms with E-state index in [-0.39, 0.29) is 34.8 Å². The lowest BCUT2D eigenvalue weighted by Gasteiger charge is -2.34. The van der Waals surface area contributed by atoms with Crippen molar-refractivity contribution in [2.75, 3.05) is 11.9 Å². The second-order valence-corrected chi connectivity index (χ2v) is 10.1. The molecule has 0 unspecified atom stereocenters. The summed E-state index contributed by atoms with van der Waals surface area (Å²) in [5.41, 5.74) is -0.154. The van der Waals surface area contributed by atoms with Crippen LogP contribution in [0.4, 0.5) is 14.7 Å². The molecule has 2 fully saturated rings. The van der Waals surface area contributed by atoms with E-state index in [0.29, 0.717) is 16.9 Å². The molecule has 0 aliphatic carbocycles. The van der Waals surface area contributed by atoms with Crippen molar-refractivity contribution >= 4 is 28.6 Å². The first-order chi connectivity index (χ1) is 16.5. The number of aromatic nitrogens is 4. The average molecular weight is 510 g/mol. The number of fused-ring (bicyclic) bond motifs is 3. The Morgan fingerprint density at radius 1 is 1.29 bits per heavy atom. The zero-order valence-electron chi connectivity index (χ0n) is 19.5. The first-order valence-corrected chi connectivity index (χ1v) is 11.7. The van der Waals surface area contributed by atoms with Crippen LogP contribution >= 0.6 is 11.6 Å². The summed E-state index contributed by atoms with van der Waals surface area (Å²) in [5.74, 6) is -0.273. The highest BCUT2D eigenvalue weighted by molar-refractivity contribution is 6.33. The van der Waals surface area contributed by atoms with Crippen molar-refractivity contribution in [1.29, 1.82) is 0 Å². The van der Waals surface area contributed by atoms with Gasteiger partial charge in [-0.3, -0.25) is 0 Å². The summed E-state index contributed by atoms with van der Waals surface area (Å²) in [7, 11) is 0. The van der Waals surface area contributed by atoms with E-state index in [1.54, 1.807) is 24.5 Å². The minimum Gasteiger partial charge on any atom is -0.386 e. The molecule has 2 saturated heterocycles. The Labute approximate surface area is 205 Å². The van der Waals surface area contributed by atoms with Crippen LogP contribution in [-0.2, 0) is 15.1 Å². The Morgan fingerprint density at radius 3 is 2.71 bits per heavy atom. The first kappa shape index (κ1) is 24.3. The largest absolute Gasteiger partial charge is 0.386 e. The van der Waals surface area contributed by atoms with Gasteiger partial charge in [-0.05, 0) is 39.8 Å². The molecule has 1 aromatic carbocycles. The molecule has 2 aliphatic rings. The third-order valence-electron chi connectivity index (χ3n) is 6.20. The van der Waals surface area contributed by atoms with Crippen molar-refractivity contribution in [3.05, 3.63) is 35.0 Å². The number of anilines is 1. The van der Waals surface area contributed by atoms with Gasteiger partial charge in [0.15, 0.2) is 18.3 Å². The van der Waals surface area contributed by atoms with E-state index in [1.807, 2.05) is 13.8 Å². The Kier molecular flexibility index (Phi) is 5.96. The smallest absolute Gasteiger partial charge is 0.223 e. The molecule has 3 aromatic rings. The van der Waals surface area contributed by atoms with Crippen LogP contribution in [0.15, 0.2) is 18.3 Å². The maximum absolute atomic E-state index is 15.2. The number of imidazole rings is 1. The molecule has 2 aromatic heterocycles. The Bertz CT molecular complexity index is 1270. The lowest BCUT2D eigenvalue weighted by atomic mass is 9.99. The summed E-state index contributed by atoms with van der Waals surface area (Å²) < 4.78 is 42.4. The van der Waals surface area contributed by atoms with Crippen molar-refractivity contribution in [1.82, 2.24) is 19.5 Å². The van der Waals surface area contributed by atoms with Gasteiger partial charge in [0.2, 0.25) is 5.95 Å². The molecule has 2 aliphatic heterocycles. The highest BCUT2D eigenvalue weighted by Gasteiger charge is 2.51. The van der Waals surface area contributed by atoms with Crippen molar-refractivity contribution < 1.29 is 28.5 Å². The van der Waals surface area contributed by atoms with Gasteiger partial charge in [0.25, 0.3) is 0 Å². The summed E-state index contributed by atoms with van der Waals surface area (Å²) >= 11 is 6.37. The number of rotatable bonds is 5. The van der Waals surface area contributed by atoms with E-state index in [4.69, 9.17) is 21.1 Å². The predicted octanol–water partition coefficient (Wildman–Crippen LogP) is 3.33. The zero-order valence-corrected chi connectivity index (χ0v) is 20.3. The molecule has 3 N–H and O–H groups in total. The molecule has 0 radical (unpaired) electrons. The number of alkyl halides is 1. The molecule has 9 nitrogen and oxygen atoms in total. The monoisotopic (exact) mass is 509 g/mol. The molecule has 0 saturated carbocycles. The van der Waals surface area contributed by atoms with Gasteiger partial charge in [-0.25, -0.2) is 23.7 Å². The van der Waals surface area contributed by atoms with Gasteiger partial charge < -0.3 is 29.6 Å². The summed E-state index contributed by atoms with van der Waals surface area (Å²) in [4.78, 5) is 12.9. The van der Waals surface area contributed by atoms with Crippen molar-refractivity contribution in [3.63, 3.8) is 0 Å². The number of hydrogen-bond acceptors (Lipinski definition) is 8. The van der Waals surface area contributed by atoms with Crippen LogP contribution in [0.3, 0.4) is 0 Å². The van der Waals surface area contributed by atoms with Crippen LogP contribution in [0.25, 0.3) is 22.3 Å². The third-order valence-corrected chi connectivity index (χ3v) is 6.48. The summed E-state index contributed by atoms with van der Waals surface area (Å²) in [6, 6.07) is 1.75. The number of hydrogen-bond donors (Lipinski definition) is 3. The fraction of sp³-hybridized carbons (Fsp3) is 0.522. The van der Waals surface area contributed by atoms with E-state index in [1.165, 1.54) is 12.3 Å². The van der Waals surface area contributed by atoms with Crippen molar-refractivity contribution in [2.24, 2.45) is 0 Å². The summed E-state index contributed by atoms with van der Waals surface area (Å²) in [6.07, 6.45) is -3.25. The Balaban J connectivity index is 1.56. The number of ether oxygens (including phenoxy) is 2. The fourth-order valence-electron chi connectivity index (χ4n) is 4.57. The molecule has 4 heterocycles. The number of aliphatic hydroxyl groups is 2. The van der Waals surface area contributed by atoms with Gasteiger partial charge in [0.05, 0.1) is 35.1 Å².